The average Bonchev–Trinajstić information content (AvgIpc) is 3.44. The molecule has 0 bridgehead atoms. The number of anilines is 2. The molecule has 2 fully saturated rings. The lowest BCUT2D eigenvalue weighted by atomic mass is 9.93. The Morgan fingerprint density at radius 1 is 1.05 bits per heavy atom. The van der Waals surface area contributed by atoms with Crippen molar-refractivity contribution in [3.8, 4) is 10.6 Å². The smallest absolute Gasteiger partial charge is 0.225 e. The molecule has 210 valence electrons. The van der Waals surface area contributed by atoms with Crippen LogP contribution in [0.4, 0.5) is 11.8 Å². The summed E-state index contributed by atoms with van der Waals surface area (Å²) in [6.45, 7) is 3.77. The number of nitrogens with one attached hydrogen (secondary N) is 2. The van der Waals surface area contributed by atoms with Crippen LogP contribution in [0, 0.1) is 19.8 Å². The van der Waals surface area contributed by atoms with E-state index in [9.17, 15) is 18.6 Å². The molecule has 0 aromatic carbocycles. The molecule has 2 aliphatic carbocycles. The topological polar surface area (TPSA) is 163 Å². The van der Waals surface area contributed by atoms with Crippen LogP contribution in [0.3, 0.4) is 0 Å². The molecule has 3 unspecified atom stereocenters. The fraction of sp³-hybridized carbons (Fsp3) is 0.444. The number of hydrogen-bond donors (Lipinski definition) is 4. The molecule has 4 aromatic heterocycles. The molecule has 4 aromatic rings. The summed E-state index contributed by atoms with van der Waals surface area (Å²) in [7, 11) is -3.68. The molecule has 6 rings (SSSR count). The van der Waals surface area contributed by atoms with Crippen LogP contribution in [-0.2, 0) is 9.84 Å². The van der Waals surface area contributed by atoms with Crippen LogP contribution in [0.15, 0.2) is 41.7 Å². The molecule has 2 aliphatic rings. The van der Waals surface area contributed by atoms with E-state index in [0.717, 1.165) is 35.2 Å². The van der Waals surface area contributed by atoms with Crippen molar-refractivity contribution in [1.29, 1.82) is 0 Å². The zero-order valence-corrected chi connectivity index (χ0v) is 23.8. The Kier molecular flexibility index (Phi) is 6.93. The zero-order valence-electron chi connectivity index (χ0n) is 22.2. The zero-order chi connectivity index (χ0) is 28.1. The second kappa shape index (κ2) is 10.3. The maximum Gasteiger partial charge on any atom is 0.225 e. The lowest BCUT2D eigenvalue weighted by Crippen LogP contribution is -2.48. The molecule has 0 spiro atoms. The van der Waals surface area contributed by atoms with Gasteiger partial charge in [-0.25, -0.2) is 18.4 Å². The Balaban J connectivity index is 1.34. The van der Waals surface area contributed by atoms with Crippen molar-refractivity contribution >= 4 is 43.2 Å². The summed E-state index contributed by atoms with van der Waals surface area (Å²) < 4.78 is 27.0. The third kappa shape index (κ3) is 5.02. The van der Waals surface area contributed by atoms with E-state index < -0.39 is 27.6 Å². The number of thiazole rings is 1. The molecular formula is C27H31N7O4S2. The van der Waals surface area contributed by atoms with Crippen molar-refractivity contribution in [2.45, 2.75) is 68.7 Å². The number of sulfone groups is 1. The van der Waals surface area contributed by atoms with Crippen molar-refractivity contribution in [3.63, 3.8) is 0 Å². The first-order chi connectivity index (χ1) is 19.1. The quantitative estimate of drug-likeness (QED) is 0.225. The highest BCUT2D eigenvalue weighted by atomic mass is 32.2. The highest BCUT2D eigenvalue weighted by Gasteiger charge is 2.49. The Morgan fingerprint density at radius 3 is 2.52 bits per heavy atom. The van der Waals surface area contributed by atoms with Crippen LogP contribution in [-0.4, -0.2) is 67.2 Å². The highest BCUT2D eigenvalue weighted by Crippen LogP contribution is 2.42. The number of aliphatic hydroxyl groups excluding tert-OH is 1. The van der Waals surface area contributed by atoms with Crippen LogP contribution >= 0.6 is 11.3 Å². The number of aryl methyl sites for hydroxylation is 2. The normalized spacial score (nSPS) is 23.3. The van der Waals surface area contributed by atoms with E-state index in [-0.39, 0.29) is 23.1 Å². The van der Waals surface area contributed by atoms with Gasteiger partial charge < -0.3 is 20.8 Å². The summed E-state index contributed by atoms with van der Waals surface area (Å²) >= 11 is 1.47. The van der Waals surface area contributed by atoms with E-state index in [0.29, 0.717) is 34.5 Å². The van der Waals surface area contributed by atoms with Gasteiger partial charge >= 0.3 is 0 Å². The Hall–Kier alpha value is -3.26. The molecule has 3 atom stereocenters. The summed E-state index contributed by atoms with van der Waals surface area (Å²) in [5.74, 6) is -0.208. The van der Waals surface area contributed by atoms with Crippen LogP contribution < -0.4 is 10.6 Å². The van der Waals surface area contributed by atoms with Gasteiger partial charge in [0.25, 0.3) is 0 Å². The van der Waals surface area contributed by atoms with E-state index >= 15 is 0 Å². The molecule has 0 radical (unpaired) electrons. The minimum absolute atomic E-state index is 0.138. The lowest BCUT2D eigenvalue weighted by molar-refractivity contribution is -0.0442. The van der Waals surface area contributed by atoms with Crippen LogP contribution in [0.5, 0.6) is 0 Å². The number of pyridine rings is 2. The average molecular weight is 582 g/mol. The molecule has 40 heavy (non-hydrogen) atoms. The van der Waals surface area contributed by atoms with Crippen molar-refractivity contribution in [2.24, 2.45) is 5.92 Å². The molecule has 0 amide bonds. The second-order valence-electron chi connectivity index (χ2n) is 10.6. The molecule has 0 saturated heterocycles. The maximum atomic E-state index is 13.0. The summed E-state index contributed by atoms with van der Waals surface area (Å²) in [4.78, 5) is 22.6. The first-order valence-electron chi connectivity index (χ1n) is 13.3. The van der Waals surface area contributed by atoms with Gasteiger partial charge in [-0.05, 0) is 64.2 Å². The van der Waals surface area contributed by atoms with Crippen LogP contribution in [0.25, 0.3) is 20.8 Å². The van der Waals surface area contributed by atoms with E-state index in [1.165, 1.54) is 35.9 Å². The number of fused-ring (bicyclic) bond motifs is 1. The molecule has 4 heterocycles. The van der Waals surface area contributed by atoms with E-state index in [2.05, 4.69) is 20.6 Å². The van der Waals surface area contributed by atoms with Gasteiger partial charge in [-0.15, -0.1) is 11.3 Å². The maximum absolute atomic E-state index is 13.0. The van der Waals surface area contributed by atoms with Gasteiger partial charge in [0.05, 0.1) is 32.3 Å². The fourth-order valence-electron chi connectivity index (χ4n) is 5.35. The summed E-state index contributed by atoms with van der Waals surface area (Å²) in [5, 5.41) is 30.0. The molecular weight excluding hydrogens is 550 g/mol. The predicted octanol–water partition coefficient (Wildman–Crippen LogP) is 3.47. The number of nitrogens with zero attached hydrogens (tertiary/aromatic N) is 5. The number of aliphatic hydroxyl groups is 2. The van der Waals surface area contributed by atoms with E-state index in [1.807, 2.05) is 19.9 Å². The molecule has 2 saturated carbocycles. The fourth-order valence-corrected chi connectivity index (χ4v) is 8.10. The molecule has 0 aliphatic heterocycles. The Bertz CT molecular complexity index is 1660. The lowest BCUT2D eigenvalue weighted by Gasteiger charge is -2.32. The van der Waals surface area contributed by atoms with Crippen LogP contribution in [0.1, 0.15) is 43.5 Å². The van der Waals surface area contributed by atoms with Crippen molar-refractivity contribution < 1.29 is 18.6 Å². The van der Waals surface area contributed by atoms with E-state index in [1.54, 1.807) is 6.20 Å². The van der Waals surface area contributed by atoms with Crippen molar-refractivity contribution in [3.05, 3.63) is 48.2 Å². The van der Waals surface area contributed by atoms with Gasteiger partial charge in [0, 0.05) is 30.6 Å². The molecule has 11 nitrogen and oxygen atoms in total. The minimum atomic E-state index is -3.68. The second-order valence-corrected chi connectivity index (χ2v) is 13.7. The molecule has 4 N–H and O–H groups in total. The number of rotatable bonds is 8. The van der Waals surface area contributed by atoms with Gasteiger partial charge in [-0.2, -0.15) is 4.98 Å². The Labute approximate surface area is 236 Å². The highest BCUT2D eigenvalue weighted by molar-refractivity contribution is 7.91. The first kappa shape index (κ1) is 26.9. The van der Waals surface area contributed by atoms with Gasteiger partial charge in [-0.3, -0.25) is 9.97 Å². The first-order valence-corrected chi connectivity index (χ1v) is 15.8. The third-order valence-electron chi connectivity index (χ3n) is 7.84. The largest absolute Gasteiger partial charge is 0.388 e. The van der Waals surface area contributed by atoms with Gasteiger partial charge in [0.15, 0.2) is 15.6 Å². The van der Waals surface area contributed by atoms with Gasteiger partial charge in [0.2, 0.25) is 5.95 Å². The predicted molar refractivity (Wildman–Crippen MR) is 153 cm³/mol. The summed E-state index contributed by atoms with van der Waals surface area (Å²) in [6, 6.07) is 5.06. The van der Waals surface area contributed by atoms with E-state index in [4.69, 9.17) is 15.0 Å². The van der Waals surface area contributed by atoms with Crippen molar-refractivity contribution in [2.75, 3.05) is 16.4 Å². The number of aromatic nitrogens is 5. The van der Waals surface area contributed by atoms with Gasteiger partial charge in [-0.1, -0.05) is 0 Å². The third-order valence-corrected chi connectivity index (χ3v) is 10.7. The standard InChI is InChI=1S/C27H31N7O4S2/c1-15-21(25-32-22-16(2)29-13-9-20(22)39-25)24(33-26(30-15)31-18-4-3-5-18)34-27(36)10-6-17(23(27)35)14-40(37,38)19-7-11-28-12-8-19/h7-9,11-13,17-18,23,35-36H,3-6,10,14H2,1-2H3,(H2,30,31,33,34). The van der Waals surface area contributed by atoms with Crippen LogP contribution in [0.2, 0.25) is 0 Å². The summed E-state index contributed by atoms with van der Waals surface area (Å²) in [5.41, 5.74) is 1.07. The minimum Gasteiger partial charge on any atom is -0.388 e. The Morgan fingerprint density at radius 2 is 1.82 bits per heavy atom. The molecule has 13 heteroatoms. The monoisotopic (exact) mass is 581 g/mol. The van der Waals surface area contributed by atoms with Gasteiger partial charge in [0.1, 0.15) is 22.4 Å². The number of hydrogen-bond acceptors (Lipinski definition) is 12. The van der Waals surface area contributed by atoms with Crippen molar-refractivity contribution in [1.82, 2.24) is 24.9 Å². The SMILES string of the molecule is Cc1nc(NC2CCC2)nc(NC2(O)CCC(CS(=O)(=O)c3ccncc3)C2O)c1-c1nc2c(C)nccc2s1. The summed E-state index contributed by atoms with van der Waals surface area (Å²) in [6.07, 6.45) is 6.90.